The largest absolute Gasteiger partial charge is 0.444 e. The molecule has 118 valence electrons. The summed E-state index contributed by atoms with van der Waals surface area (Å²) >= 11 is 0. The van der Waals surface area contributed by atoms with Gasteiger partial charge in [-0.3, -0.25) is 9.59 Å². The monoisotopic (exact) mass is 315 g/mol. The first kappa shape index (κ1) is 15.0. The maximum Gasteiger partial charge on any atom is 0.265 e. The summed E-state index contributed by atoms with van der Waals surface area (Å²) < 4.78 is 19.6. The van der Waals surface area contributed by atoms with Gasteiger partial charge in [-0.15, -0.1) is 0 Å². The third-order valence-corrected chi connectivity index (χ3v) is 3.61. The maximum atomic E-state index is 14.4. The van der Waals surface area contributed by atoms with E-state index in [1.807, 2.05) is 0 Å². The summed E-state index contributed by atoms with van der Waals surface area (Å²) in [7, 11) is 0. The Hall–Kier alpha value is -2.96. The molecule has 6 nitrogen and oxygen atoms in total. The zero-order valence-electron chi connectivity index (χ0n) is 12.2. The average Bonchev–Trinajstić information content (AvgIpc) is 3.05. The first-order chi connectivity index (χ1) is 11.0. The van der Waals surface area contributed by atoms with E-state index < -0.39 is 17.5 Å². The summed E-state index contributed by atoms with van der Waals surface area (Å²) in [5.74, 6) is -0.624. The van der Waals surface area contributed by atoms with E-state index in [1.54, 1.807) is 30.5 Å². The number of hydrogen-bond acceptors (Lipinski definition) is 4. The molecule has 1 aliphatic heterocycles. The molecular weight excluding hydrogens is 301 g/mol. The number of nitrogens with zero attached hydrogens (tertiary/aromatic N) is 2. The highest BCUT2D eigenvalue weighted by atomic mass is 19.1. The SMILES string of the molecule is C=CC(=O)N1CC(F)(C(=O)Nc2cccc(-c3cnco3)c2)C1. The molecule has 1 saturated heterocycles. The Morgan fingerprint density at radius 2 is 2.22 bits per heavy atom. The Balaban J connectivity index is 1.68. The molecule has 1 N–H and O–H groups in total. The van der Waals surface area contributed by atoms with Gasteiger partial charge in [0.05, 0.1) is 19.3 Å². The highest BCUT2D eigenvalue weighted by Gasteiger charge is 2.51. The quantitative estimate of drug-likeness (QED) is 0.876. The van der Waals surface area contributed by atoms with E-state index in [4.69, 9.17) is 4.42 Å². The van der Waals surface area contributed by atoms with Crippen molar-refractivity contribution < 1.29 is 18.4 Å². The second kappa shape index (κ2) is 5.68. The molecule has 3 rings (SSSR count). The predicted octanol–water partition coefficient (Wildman–Crippen LogP) is 2.02. The number of likely N-dealkylation sites (tertiary alicyclic amines) is 1. The average molecular weight is 315 g/mol. The Morgan fingerprint density at radius 3 is 2.87 bits per heavy atom. The third kappa shape index (κ3) is 2.85. The van der Waals surface area contributed by atoms with E-state index in [-0.39, 0.29) is 13.1 Å². The van der Waals surface area contributed by atoms with Crippen molar-refractivity contribution in [3.63, 3.8) is 0 Å². The first-order valence-electron chi connectivity index (χ1n) is 6.92. The normalized spacial score (nSPS) is 15.6. The van der Waals surface area contributed by atoms with Crippen LogP contribution in [0.2, 0.25) is 0 Å². The van der Waals surface area contributed by atoms with Gasteiger partial charge in [-0.2, -0.15) is 0 Å². The first-order valence-corrected chi connectivity index (χ1v) is 6.92. The van der Waals surface area contributed by atoms with Gasteiger partial charge in [0, 0.05) is 11.3 Å². The molecule has 23 heavy (non-hydrogen) atoms. The molecule has 0 unspecified atom stereocenters. The Labute approximate surface area is 131 Å². The number of nitrogens with one attached hydrogen (secondary N) is 1. The summed E-state index contributed by atoms with van der Waals surface area (Å²) in [5, 5.41) is 2.52. The van der Waals surface area contributed by atoms with Crippen molar-refractivity contribution in [3.8, 4) is 11.3 Å². The van der Waals surface area contributed by atoms with E-state index in [9.17, 15) is 14.0 Å². The van der Waals surface area contributed by atoms with Gasteiger partial charge in [0.2, 0.25) is 11.6 Å². The number of oxazole rings is 1. The Morgan fingerprint density at radius 1 is 1.43 bits per heavy atom. The fourth-order valence-corrected chi connectivity index (χ4v) is 2.34. The summed E-state index contributed by atoms with van der Waals surface area (Å²) in [5.41, 5.74) is -0.930. The van der Waals surface area contributed by atoms with Crippen LogP contribution in [0.4, 0.5) is 10.1 Å². The lowest BCUT2D eigenvalue weighted by molar-refractivity contribution is -0.150. The van der Waals surface area contributed by atoms with Gasteiger partial charge in [0.1, 0.15) is 0 Å². The van der Waals surface area contributed by atoms with E-state index in [0.717, 1.165) is 6.08 Å². The van der Waals surface area contributed by atoms with Crippen LogP contribution in [0.15, 0.2) is 53.9 Å². The lowest BCUT2D eigenvalue weighted by Gasteiger charge is -2.42. The van der Waals surface area contributed by atoms with Gasteiger partial charge < -0.3 is 14.6 Å². The number of carbonyl (C=O) groups is 2. The molecule has 7 heteroatoms. The fraction of sp³-hybridized carbons (Fsp3) is 0.188. The van der Waals surface area contributed by atoms with Crippen LogP contribution in [0.3, 0.4) is 0 Å². The second-order valence-electron chi connectivity index (χ2n) is 5.26. The van der Waals surface area contributed by atoms with E-state index in [1.165, 1.54) is 11.3 Å². The number of amides is 2. The van der Waals surface area contributed by atoms with Crippen molar-refractivity contribution in [1.82, 2.24) is 9.88 Å². The summed E-state index contributed by atoms with van der Waals surface area (Å²) in [6, 6.07) is 6.81. The second-order valence-corrected chi connectivity index (χ2v) is 5.26. The van der Waals surface area contributed by atoms with Gasteiger partial charge in [0.15, 0.2) is 12.2 Å². The van der Waals surface area contributed by atoms with Gasteiger partial charge in [-0.05, 0) is 18.2 Å². The topological polar surface area (TPSA) is 75.4 Å². The molecule has 2 amide bonds. The molecule has 0 bridgehead atoms. The minimum Gasteiger partial charge on any atom is -0.444 e. The van der Waals surface area contributed by atoms with Crippen molar-refractivity contribution in [3.05, 3.63) is 49.5 Å². The van der Waals surface area contributed by atoms with Crippen LogP contribution in [0.1, 0.15) is 0 Å². The molecule has 0 spiro atoms. The van der Waals surface area contributed by atoms with Crippen LogP contribution < -0.4 is 5.32 Å². The summed E-state index contributed by atoms with van der Waals surface area (Å²) in [6.07, 6.45) is 3.94. The van der Waals surface area contributed by atoms with Crippen molar-refractivity contribution in [2.75, 3.05) is 18.4 Å². The molecule has 0 saturated carbocycles. The maximum absolute atomic E-state index is 14.4. The number of aromatic nitrogens is 1. The van der Waals surface area contributed by atoms with Gasteiger partial charge in [-0.25, -0.2) is 9.37 Å². The lowest BCUT2D eigenvalue weighted by atomic mass is 9.95. The van der Waals surface area contributed by atoms with E-state index >= 15 is 0 Å². The molecule has 0 radical (unpaired) electrons. The summed E-state index contributed by atoms with van der Waals surface area (Å²) in [6.45, 7) is 2.79. The highest BCUT2D eigenvalue weighted by molar-refractivity contribution is 6.00. The van der Waals surface area contributed by atoms with Crippen LogP contribution in [0.5, 0.6) is 0 Å². The third-order valence-electron chi connectivity index (χ3n) is 3.61. The number of hydrogen-bond donors (Lipinski definition) is 1. The summed E-state index contributed by atoms with van der Waals surface area (Å²) in [4.78, 5) is 28.5. The number of benzene rings is 1. The number of anilines is 1. The molecule has 1 aliphatic rings. The minimum atomic E-state index is -2.08. The molecule has 1 aromatic carbocycles. The van der Waals surface area contributed by atoms with Crippen LogP contribution >= 0.6 is 0 Å². The zero-order valence-corrected chi connectivity index (χ0v) is 12.2. The van der Waals surface area contributed by atoms with Gasteiger partial charge >= 0.3 is 0 Å². The zero-order chi connectivity index (χ0) is 16.4. The number of halogens is 1. The van der Waals surface area contributed by atoms with Crippen LogP contribution in [-0.4, -0.2) is 40.5 Å². The fourth-order valence-electron chi connectivity index (χ4n) is 2.34. The van der Waals surface area contributed by atoms with E-state index in [0.29, 0.717) is 17.0 Å². The minimum absolute atomic E-state index is 0.272. The van der Waals surface area contributed by atoms with Crippen LogP contribution in [0.25, 0.3) is 11.3 Å². The van der Waals surface area contributed by atoms with Gasteiger partial charge in [-0.1, -0.05) is 18.7 Å². The standard InChI is InChI=1S/C16H14FN3O3/c1-2-14(21)20-8-16(17,9-20)15(22)19-12-5-3-4-11(6-12)13-7-18-10-23-13/h2-7,10H,1,8-9H2,(H,19,22). The molecule has 1 aromatic heterocycles. The molecule has 2 heterocycles. The Bertz CT molecular complexity index is 752. The number of carbonyl (C=O) groups excluding carboxylic acids is 2. The van der Waals surface area contributed by atoms with Crippen LogP contribution in [0, 0.1) is 0 Å². The van der Waals surface area contributed by atoms with Crippen molar-refractivity contribution in [1.29, 1.82) is 0 Å². The van der Waals surface area contributed by atoms with Gasteiger partial charge in [0.25, 0.3) is 5.91 Å². The molecule has 1 fully saturated rings. The number of rotatable bonds is 4. The highest BCUT2D eigenvalue weighted by Crippen LogP contribution is 2.28. The predicted molar refractivity (Wildman–Crippen MR) is 81.2 cm³/mol. The molecule has 2 aromatic rings. The Kier molecular flexibility index (Phi) is 3.69. The van der Waals surface area contributed by atoms with Crippen molar-refractivity contribution in [2.24, 2.45) is 0 Å². The molecule has 0 atom stereocenters. The van der Waals surface area contributed by atoms with Crippen molar-refractivity contribution in [2.45, 2.75) is 5.67 Å². The van der Waals surface area contributed by atoms with Crippen molar-refractivity contribution >= 4 is 17.5 Å². The molecule has 0 aliphatic carbocycles. The lowest BCUT2D eigenvalue weighted by Crippen LogP contribution is -2.65. The molecular formula is C16H14FN3O3. The van der Waals surface area contributed by atoms with Crippen LogP contribution in [-0.2, 0) is 9.59 Å². The number of alkyl halides is 1. The smallest absolute Gasteiger partial charge is 0.265 e. The van der Waals surface area contributed by atoms with E-state index in [2.05, 4.69) is 16.9 Å².